The van der Waals surface area contributed by atoms with E-state index in [4.69, 9.17) is 16.3 Å². The van der Waals surface area contributed by atoms with Crippen molar-refractivity contribution < 1.29 is 29.3 Å². The number of nitrogens with zero attached hydrogens (tertiary/aromatic N) is 2. The van der Waals surface area contributed by atoms with Crippen LogP contribution >= 0.6 is 11.6 Å². The number of para-hydroxylation sites is 1. The molecular weight excluding hydrogens is 484 g/mol. The summed E-state index contributed by atoms with van der Waals surface area (Å²) in [7, 11) is 0. The molecule has 1 aromatic carbocycles. The monoisotopic (exact) mass is 518 g/mol. The average molecular weight is 519 g/mol. The van der Waals surface area contributed by atoms with E-state index in [2.05, 4.69) is 6.58 Å². The molecule has 1 spiro atoms. The van der Waals surface area contributed by atoms with Crippen molar-refractivity contribution in [1.82, 2.24) is 4.90 Å². The summed E-state index contributed by atoms with van der Waals surface area (Å²) in [5.41, 5.74) is -1.84. The number of amides is 2. The minimum absolute atomic E-state index is 0.127. The highest BCUT2D eigenvalue weighted by Gasteiger charge is 2.79. The van der Waals surface area contributed by atoms with E-state index in [0.717, 1.165) is 0 Å². The van der Waals surface area contributed by atoms with E-state index in [9.17, 15) is 24.6 Å². The summed E-state index contributed by atoms with van der Waals surface area (Å²) in [6.45, 7) is 9.31. The van der Waals surface area contributed by atoms with Crippen LogP contribution < -0.4 is 4.90 Å². The molecule has 3 heterocycles. The number of rotatable bonds is 10. The molecule has 3 aliphatic rings. The zero-order valence-corrected chi connectivity index (χ0v) is 21.8. The maximum absolute atomic E-state index is 14.5. The van der Waals surface area contributed by atoms with E-state index < -0.39 is 52.9 Å². The van der Waals surface area contributed by atoms with E-state index in [-0.39, 0.29) is 19.1 Å². The fraction of sp³-hybridized carbons (Fsp3) is 0.593. The van der Waals surface area contributed by atoms with Gasteiger partial charge in [0.15, 0.2) is 0 Å². The molecule has 3 saturated heterocycles. The molecule has 2 bridgehead atoms. The van der Waals surface area contributed by atoms with Crippen LogP contribution in [0.2, 0.25) is 5.02 Å². The highest BCUT2D eigenvalue weighted by Crippen LogP contribution is 2.64. The molecule has 3 fully saturated rings. The number of fused-ring (bicyclic) bond motifs is 1. The van der Waals surface area contributed by atoms with Crippen LogP contribution in [-0.2, 0) is 19.1 Å². The Morgan fingerprint density at radius 2 is 2.03 bits per heavy atom. The zero-order valence-electron chi connectivity index (χ0n) is 21.0. The second kappa shape index (κ2) is 9.80. The second-order valence-electron chi connectivity index (χ2n) is 10.2. The van der Waals surface area contributed by atoms with E-state index >= 15 is 0 Å². The van der Waals surface area contributed by atoms with Crippen molar-refractivity contribution in [2.45, 2.75) is 69.7 Å². The number of aliphatic hydroxyl groups is 1. The molecule has 2 unspecified atom stereocenters. The molecule has 196 valence electrons. The summed E-state index contributed by atoms with van der Waals surface area (Å²) in [6.07, 6.45) is 3.50. The van der Waals surface area contributed by atoms with Crippen molar-refractivity contribution in [2.24, 2.45) is 17.8 Å². The van der Waals surface area contributed by atoms with Gasteiger partial charge >= 0.3 is 5.97 Å². The largest absolute Gasteiger partial charge is 0.481 e. The Labute approximate surface area is 216 Å². The van der Waals surface area contributed by atoms with Crippen molar-refractivity contribution in [3.63, 3.8) is 0 Å². The number of ether oxygens (including phenoxy) is 1. The van der Waals surface area contributed by atoms with Gasteiger partial charge in [-0.3, -0.25) is 14.4 Å². The minimum Gasteiger partial charge on any atom is -0.481 e. The number of aliphatic hydroxyl groups excluding tert-OH is 1. The second-order valence-corrected chi connectivity index (χ2v) is 10.6. The number of carboxylic acid groups (broad SMARTS) is 1. The summed E-state index contributed by atoms with van der Waals surface area (Å²) >= 11 is 6.47. The Bertz CT molecular complexity index is 1060. The number of carbonyl (C=O) groups is 3. The van der Waals surface area contributed by atoms with Crippen molar-refractivity contribution in [1.29, 1.82) is 0 Å². The van der Waals surface area contributed by atoms with Crippen LogP contribution in [0.1, 0.15) is 46.5 Å². The predicted molar refractivity (Wildman–Crippen MR) is 136 cm³/mol. The van der Waals surface area contributed by atoms with E-state index in [0.29, 0.717) is 36.4 Å². The standard InChI is InChI=1S/C27H35ClN2O6/c1-5-14-29(18-11-9-8-10-17(18)28)24(33)22-27-13-12-26(7-3,36-27)21(25(34)35)20(27)23(32)30(22)19(15-31)16(4)6-2/h5,8-11,16,19-22,31H,1,6-7,12-15H2,2-4H3,(H,34,35)/t16-,19-,20-,21+,22?,26-,27?/m0/s1. The molecule has 36 heavy (non-hydrogen) atoms. The number of carbonyl (C=O) groups excluding carboxylic acids is 2. The van der Waals surface area contributed by atoms with Crippen molar-refractivity contribution in [2.75, 3.05) is 18.1 Å². The Morgan fingerprint density at radius 3 is 2.58 bits per heavy atom. The molecule has 7 atom stereocenters. The zero-order chi connectivity index (χ0) is 26.4. The molecular formula is C27H35ClN2O6. The predicted octanol–water partition coefficient (Wildman–Crippen LogP) is 3.51. The van der Waals surface area contributed by atoms with Gasteiger partial charge in [-0.2, -0.15) is 0 Å². The quantitative estimate of drug-likeness (QED) is 0.459. The first-order valence-corrected chi connectivity index (χ1v) is 13.0. The van der Waals surface area contributed by atoms with E-state index in [1.54, 1.807) is 30.3 Å². The van der Waals surface area contributed by atoms with Crippen molar-refractivity contribution in [3.8, 4) is 0 Å². The highest BCUT2D eigenvalue weighted by molar-refractivity contribution is 6.34. The summed E-state index contributed by atoms with van der Waals surface area (Å²) in [6, 6.07) is 5.16. The fourth-order valence-electron chi connectivity index (χ4n) is 6.74. The third-order valence-electron chi connectivity index (χ3n) is 8.68. The number of likely N-dealkylation sites (tertiary alicyclic amines) is 1. The first-order valence-electron chi connectivity index (χ1n) is 12.7. The molecule has 1 aromatic rings. The van der Waals surface area contributed by atoms with Gasteiger partial charge in [0, 0.05) is 6.54 Å². The number of anilines is 1. The fourth-order valence-corrected chi connectivity index (χ4v) is 6.97. The third kappa shape index (κ3) is 3.68. The Morgan fingerprint density at radius 1 is 1.33 bits per heavy atom. The number of carboxylic acids is 1. The van der Waals surface area contributed by atoms with Gasteiger partial charge in [-0.15, -0.1) is 6.58 Å². The SMILES string of the molecule is C=CCN(C(=O)C1N([C@@H](CO)[C@@H](C)CC)C(=O)[C@@H]2[C@H](C(=O)O)[C@]3(CC)CCC12O3)c1ccccc1Cl. The molecule has 2 amide bonds. The first-order chi connectivity index (χ1) is 17.1. The normalized spacial score (nSPS) is 32.3. The highest BCUT2D eigenvalue weighted by atomic mass is 35.5. The summed E-state index contributed by atoms with van der Waals surface area (Å²) < 4.78 is 6.60. The van der Waals surface area contributed by atoms with Gasteiger partial charge < -0.3 is 24.7 Å². The average Bonchev–Trinajstić information content (AvgIpc) is 3.47. The molecule has 8 nitrogen and oxygen atoms in total. The number of hydrogen-bond donors (Lipinski definition) is 2. The van der Waals surface area contributed by atoms with Crippen LogP contribution in [0.5, 0.6) is 0 Å². The first kappa shape index (κ1) is 26.6. The van der Waals surface area contributed by atoms with Crippen molar-refractivity contribution in [3.05, 3.63) is 41.9 Å². The molecule has 2 N–H and O–H groups in total. The third-order valence-corrected chi connectivity index (χ3v) is 9.00. The molecule has 0 radical (unpaired) electrons. The molecule has 0 aliphatic carbocycles. The lowest BCUT2D eigenvalue weighted by molar-refractivity contribution is -0.158. The van der Waals surface area contributed by atoms with Crippen LogP contribution in [0.4, 0.5) is 5.69 Å². The number of aliphatic carboxylic acids is 1. The topological polar surface area (TPSA) is 107 Å². The maximum Gasteiger partial charge on any atom is 0.310 e. The molecule has 9 heteroatoms. The van der Waals surface area contributed by atoms with Gasteiger partial charge in [0.1, 0.15) is 17.6 Å². The summed E-state index contributed by atoms with van der Waals surface area (Å²) in [5.74, 6) is -4.14. The van der Waals surface area contributed by atoms with Crippen LogP contribution in [0.3, 0.4) is 0 Å². The lowest BCUT2D eigenvalue weighted by Crippen LogP contribution is -2.60. The minimum atomic E-state index is -1.30. The molecule has 3 aliphatic heterocycles. The number of benzene rings is 1. The number of halogens is 1. The van der Waals surface area contributed by atoms with Gasteiger partial charge in [-0.1, -0.05) is 57.0 Å². The summed E-state index contributed by atoms with van der Waals surface area (Å²) in [4.78, 5) is 44.1. The van der Waals surface area contributed by atoms with Crippen LogP contribution in [0.15, 0.2) is 36.9 Å². The summed E-state index contributed by atoms with van der Waals surface area (Å²) in [5, 5.41) is 21.0. The van der Waals surface area contributed by atoms with E-state index in [1.165, 1.54) is 9.80 Å². The van der Waals surface area contributed by atoms with Crippen LogP contribution in [0.25, 0.3) is 0 Å². The molecule has 4 rings (SSSR count). The Hall–Kier alpha value is -2.42. The smallest absolute Gasteiger partial charge is 0.310 e. The lowest BCUT2D eigenvalue weighted by Gasteiger charge is -2.41. The van der Waals surface area contributed by atoms with Gasteiger partial charge in [0.2, 0.25) is 5.91 Å². The lowest BCUT2D eigenvalue weighted by atomic mass is 9.65. The van der Waals surface area contributed by atoms with Gasteiger partial charge in [0.05, 0.1) is 34.9 Å². The number of hydrogen-bond acceptors (Lipinski definition) is 5. The van der Waals surface area contributed by atoms with E-state index in [1.807, 2.05) is 20.8 Å². The maximum atomic E-state index is 14.5. The van der Waals surface area contributed by atoms with Crippen molar-refractivity contribution >= 4 is 35.1 Å². The molecule has 0 saturated carbocycles. The Balaban J connectivity index is 1.90. The van der Waals surface area contributed by atoms with Gasteiger partial charge in [-0.05, 0) is 37.3 Å². The Kier molecular flexibility index (Phi) is 7.25. The van der Waals surface area contributed by atoms with Gasteiger partial charge in [-0.25, -0.2) is 0 Å². The molecule has 0 aromatic heterocycles. The van der Waals surface area contributed by atoms with Gasteiger partial charge in [0.25, 0.3) is 5.91 Å². The van der Waals surface area contributed by atoms with Crippen LogP contribution in [-0.4, -0.2) is 69.3 Å². The van der Waals surface area contributed by atoms with Crippen LogP contribution in [0, 0.1) is 17.8 Å².